The van der Waals surface area contributed by atoms with Gasteiger partial charge < -0.3 is 9.64 Å². The summed E-state index contributed by atoms with van der Waals surface area (Å²) in [4.78, 5) is 21.7. The van der Waals surface area contributed by atoms with Gasteiger partial charge in [-0.3, -0.25) is 4.79 Å². The van der Waals surface area contributed by atoms with Gasteiger partial charge in [-0.2, -0.15) is 9.37 Å². The molecule has 0 aliphatic carbocycles. The van der Waals surface area contributed by atoms with Crippen molar-refractivity contribution in [3.63, 3.8) is 0 Å². The normalized spacial score (nSPS) is 18.9. The lowest BCUT2D eigenvalue weighted by atomic mass is 9.95. The standard InChI is InChI=1S/C15H22FN3O2/c1-5-11-12(16)13(18-9-17-11)21-10-6-7-19(8-10)14(20)15(2,3)4/h9-10H,5-8H2,1-4H3/t10-/m0/s1. The number of carbonyl (C=O) groups excluding carboxylic acids is 1. The Labute approximate surface area is 124 Å². The molecule has 1 atom stereocenters. The Hall–Kier alpha value is -1.72. The first-order valence-electron chi connectivity index (χ1n) is 7.28. The van der Waals surface area contributed by atoms with Gasteiger partial charge in [0.15, 0.2) is 0 Å². The smallest absolute Gasteiger partial charge is 0.254 e. The highest BCUT2D eigenvalue weighted by Crippen LogP contribution is 2.24. The Bertz CT molecular complexity index is 528. The summed E-state index contributed by atoms with van der Waals surface area (Å²) in [6, 6.07) is 0. The quantitative estimate of drug-likeness (QED) is 0.858. The maximum atomic E-state index is 14.0. The fourth-order valence-corrected chi connectivity index (χ4v) is 2.36. The van der Waals surface area contributed by atoms with Crippen molar-refractivity contribution in [1.82, 2.24) is 14.9 Å². The Kier molecular flexibility index (Phi) is 4.44. The average Bonchev–Trinajstić information content (AvgIpc) is 2.87. The van der Waals surface area contributed by atoms with E-state index in [9.17, 15) is 9.18 Å². The molecule has 1 aromatic heterocycles. The number of aromatic nitrogens is 2. The van der Waals surface area contributed by atoms with Gasteiger partial charge in [-0.25, -0.2) is 4.98 Å². The Balaban J connectivity index is 2.02. The van der Waals surface area contributed by atoms with Gasteiger partial charge in [0.25, 0.3) is 5.88 Å². The van der Waals surface area contributed by atoms with Crippen LogP contribution in [0.2, 0.25) is 0 Å². The molecule has 0 bridgehead atoms. The molecule has 1 amide bonds. The second-order valence-electron chi connectivity index (χ2n) is 6.32. The molecule has 0 aromatic carbocycles. The van der Waals surface area contributed by atoms with Crippen molar-refractivity contribution >= 4 is 5.91 Å². The molecule has 0 saturated carbocycles. The predicted octanol–water partition coefficient (Wildman–Crippen LogP) is 2.20. The number of rotatable bonds is 3. The molecule has 6 heteroatoms. The van der Waals surface area contributed by atoms with Crippen LogP contribution in [-0.2, 0) is 11.2 Å². The minimum absolute atomic E-state index is 0.0168. The predicted molar refractivity (Wildman–Crippen MR) is 76.4 cm³/mol. The Morgan fingerprint density at radius 2 is 2.19 bits per heavy atom. The summed E-state index contributed by atoms with van der Waals surface area (Å²) < 4.78 is 19.7. The summed E-state index contributed by atoms with van der Waals surface area (Å²) in [5.41, 5.74) is -0.0645. The van der Waals surface area contributed by atoms with Crippen molar-refractivity contribution in [2.75, 3.05) is 13.1 Å². The van der Waals surface area contributed by atoms with E-state index in [1.165, 1.54) is 6.33 Å². The van der Waals surface area contributed by atoms with Crippen LogP contribution in [0.15, 0.2) is 6.33 Å². The number of hydrogen-bond donors (Lipinski definition) is 0. The molecule has 0 radical (unpaired) electrons. The van der Waals surface area contributed by atoms with Gasteiger partial charge in [0.05, 0.1) is 12.2 Å². The van der Waals surface area contributed by atoms with Gasteiger partial charge in [0.2, 0.25) is 11.7 Å². The number of amides is 1. The monoisotopic (exact) mass is 295 g/mol. The Morgan fingerprint density at radius 3 is 2.81 bits per heavy atom. The number of nitrogens with zero attached hydrogens (tertiary/aromatic N) is 3. The molecule has 1 aliphatic rings. The van der Waals surface area contributed by atoms with Gasteiger partial charge in [0.1, 0.15) is 12.4 Å². The minimum atomic E-state index is -0.499. The fraction of sp³-hybridized carbons (Fsp3) is 0.667. The second kappa shape index (κ2) is 5.95. The minimum Gasteiger partial charge on any atom is -0.470 e. The van der Waals surface area contributed by atoms with E-state index in [2.05, 4.69) is 9.97 Å². The summed E-state index contributed by atoms with van der Waals surface area (Å²) in [5.74, 6) is -0.427. The van der Waals surface area contributed by atoms with Crippen LogP contribution in [0.5, 0.6) is 5.88 Å². The van der Waals surface area contributed by atoms with Gasteiger partial charge in [-0.05, 0) is 6.42 Å². The molecule has 116 valence electrons. The maximum Gasteiger partial charge on any atom is 0.254 e. The van der Waals surface area contributed by atoms with E-state index in [0.717, 1.165) is 0 Å². The first kappa shape index (κ1) is 15.7. The molecule has 21 heavy (non-hydrogen) atoms. The molecular formula is C15H22FN3O2. The number of carbonyl (C=O) groups is 1. The molecule has 1 fully saturated rings. The second-order valence-corrected chi connectivity index (χ2v) is 6.32. The van der Waals surface area contributed by atoms with Crippen molar-refractivity contribution in [3.05, 3.63) is 17.8 Å². The number of halogens is 1. The third-order valence-electron chi connectivity index (χ3n) is 3.52. The number of ether oxygens (including phenoxy) is 1. The van der Waals surface area contributed by atoms with Gasteiger partial charge in [0, 0.05) is 18.4 Å². The highest BCUT2D eigenvalue weighted by Gasteiger charge is 2.34. The van der Waals surface area contributed by atoms with Crippen molar-refractivity contribution in [2.24, 2.45) is 5.41 Å². The van der Waals surface area contributed by atoms with Crippen LogP contribution in [-0.4, -0.2) is 40.0 Å². The number of hydrogen-bond acceptors (Lipinski definition) is 4. The van der Waals surface area contributed by atoms with Crippen molar-refractivity contribution in [1.29, 1.82) is 0 Å². The lowest BCUT2D eigenvalue weighted by Crippen LogP contribution is -2.38. The summed E-state index contributed by atoms with van der Waals surface area (Å²) in [6.07, 6.45) is 2.27. The first-order valence-corrected chi connectivity index (χ1v) is 7.28. The third kappa shape index (κ3) is 3.49. The molecule has 5 nitrogen and oxygen atoms in total. The molecule has 0 N–H and O–H groups in total. The summed E-state index contributed by atoms with van der Waals surface area (Å²) in [6.45, 7) is 8.60. The zero-order valence-corrected chi connectivity index (χ0v) is 13.0. The highest BCUT2D eigenvalue weighted by molar-refractivity contribution is 5.81. The molecule has 1 aromatic rings. The average molecular weight is 295 g/mol. The van der Waals surface area contributed by atoms with Gasteiger partial charge in [-0.15, -0.1) is 0 Å². The Morgan fingerprint density at radius 1 is 1.48 bits per heavy atom. The lowest BCUT2D eigenvalue weighted by Gasteiger charge is -2.25. The molecule has 0 unspecified atom stereocenters. The van der Waals surface area contributed by atoms with E-state index in [0.29, 0.717) is 31.6 Å². The number of likely N-dealkylation sites (tertiary alicyclic amines) is 1. The largest absolute Gasteiger partial charge is 0.470 e. The SMILES string of the molecule is CCc1ncnc(O[C@H]2CCN(C(=O)C(C)(C)C)C2)c1F. The van der Waals surface area contributed by atoms with Crippen molar-refractivity contribution < 1.29 is 13.9 Å². The summed E-state index contributed by atoms with van der Waals surface area (Å²) in [5, 5.41) is 0. The van der Waals surface area contributed by atoms with Crippen LogP contribution in [0.1, 0.15) is 39.8 Å². The fourth-order valence-electron chi connectivity index (χ4n) is 2.36. The molecule has 1 saturated heterocycles. The van der Waals surface area contributed by atoms with Crippen molar-refractivity contribution in [2.45, 2.75) is 46.6 Å². The van der Waals surface area contributed by atoms with Crippen LogP contribution in [0.4, 0.5) is 4.39 Å². The summed E-state index contributed by atoms with van der Waals surface area (Å²) >= 11 is 0. The van der Waals surface area contributed by atoms with E-state index in [1.54, 1.807) is 4.90 Å². The highest BCUT2D eigenvalue weighted by atomic mass is 19.1. The zero-order valence-electron chi connectivity index (χ0n) is 13.0. The van der Waals surface area contributed by atoms with Crippen LogP contribution in [0, 0.1) is 11.2 Å². The molecule has 2 heterocycles. The van der Waals surface area contributed by atoms with Crippen LogP contribution < -0.4 is 4.74 Å². The van der Waals surface area contributed by atoms with E-state index in [1.807, 2.05) is 27.7 Å². The topological polar surface area (TPSA) is 55.3 Å². The molecule has 1 aliphatic heterocycles. The van der Waals surface area contributed by atoms with Gasteiger partial charge in [-0.1, -0.05) is 27.7 Å². The molecule has 0 spiro atoms. The van der Waals surface area contributed by atoms with Crippen LogP contribution in [0.3, 0.4) is 0 Å². The van der Waals surface area contributed by atoms with Crippen LogP contribution in [0.25, 0.3) is 0 Å². The van der Waals surface area contributed by atoms with Crippen molar-refractivity contribution in [3.8, 4) is 5.88 Å². The maximum absolute atomic E-state index is 14.0. The van der Waals surface area contributed by atoms with E-state index >= 15 is 0 Å². The molecule has 2 rings (SSSR count). The van der Waals surface area contributed by atoms with Gasteiger partial charge >= 0.3 is 0 Å². The third-order valence-corrected chi connectivity index (χ3v) is 3.52. The van der Waals surface area contributed by atoms with E-state index in [-0.39, 0.29) is 17.9 Å². The summed E-state index contributed by atoms with van der Waals surface area (Å²) in [7, 11) is 0. The molecular weight excluding hydrogens is 273 g/mol. The van der Waals surface area contributed by atoms with Crippen LogP contribution >= 0.6 is 0 Å². The first-order chi connectivity index (χ1) is 9.82. The van der Waals surface area contributed by atoms with E-state index in [4.69, 9.17) is 4.74 Å². The number of aryl methyl sites for hydroxylation is 1. The zero-order chi connectivity index (χ0) is 15.6. The lowest BCUT2D eigenvalue weighted by molar-refractivity contribution is -0.138. The van der Waals surface area contributed by atoms with E-state index < -0.39 is 11.2 Å².